The molecule has 0 aliphatic rings. The first-order valence-electron chi connectivity index (χ1n) is 5.20. The summed E-state index contributed by atoms with van der Waals surface area (Å²) in [5, 5.41) is 8.63. The molecular formula is C11H13N3O3S. The van der Waals surface area contributed by atoms with Crippen molar-refractivity contribution >= 4 is 15.9 Å². The third-order valence-electron chi connectivity index (χ3n) is 2.31. The fourth-order valence-electron chi connectivity index (χ4n) is 1.39. The van der Waals surface area contributed by atoms with Gasteiger partial charge in [0.2, 0.25) is 15.9 Å². The predicted molar refractivity (Wildman–Crippen MR) is 64.8 cm³/mol. The molecule has 0 aliphatic heterocycles. The van der Waals surface area contributed by atoms with Gasteiger partial charge < -0.3 is 5.73 Å². The van der Waals surface area contributed by atoms with Crippen LogP contribution in [0, 0.1) is 11.3 Å². The quantitative estimate of drug-likeness (QED) is 0.814. The first kappa shape index (κ1) is 14.2. The van der Waals surface area contributed by atoms with Crippen molar-refractivity contribution in [3.8, 4) is 6.07 Å². The number of nitrogens with two attached hydrogens (primary N) is 1. The van der Waals surface area contributed by atoms with Crippen molar-refractivity contribution in [1.82, 2.24) is 4.31 Å². The minimum absolute atomic E-state index is 0.0320. The van der Waals surface area contributed by atoms with Gasteiger partial charge in [-0.05, 0) is 24.3 Å². The van der Waals surface area contributed by atoms with E-state index >= 15 is 0 Å². The van der Waals surface area contributed by atoms with Crippen LogP contribution in [-0.4, -0.2) is 31.7 Å². The number of benzene rings is 1. The molecule has 0 fully saturated rings. The van der Waals surface area contributed by atoms with Crippen LogP contribution >= 0.6 is 0 Å². The zero-order valence-corrected chi connectivity index (χ0v) is 10.6. The van der Waals surface area contributed by atoms with Crippen LogP contribution in [0.2, 0.25) is 0 Å². The lowest BCUT2D eigenvalue weighted by atomic mass is 10.2. The minimum Gasteiger partial charge on any atom is -0.369 e. The molecule has 7 heteroatoms. The van der Waals surface area contributed by atoms with Gasteiger partial charge in [0.05, 0.1) is 23.1 Å². The normalized spacial score (nSPS) is 11.2. The number of primary amides is 1. The molecule has 0 aliphatic carbocycles. The summed E-state index contributed by atoms with van der Waals surface area (Å²) < 4.78 is 25.3. The Bertz CT molecular complexity index is 573. The van der Waals surface area contributed by atoms with Gasteiger partial charge >= 0.3 is 0 Å². The van der Waals surface area contributed by atoms with Crippen molar-refractivity contribution in [2.75, 3.05) is 13.1 Å². The number of nitriles is 1. The summed E-state index contributed by atoms with van der Waals surface area (Å²) in [6.07, 6.45) is 0. The van der Waals surface area contributed by atoms with Gasteiger partial charge in [0.15, 0.2) is 0 Å². The van der Waals surface area contributed by atoms with E-state index in [1.807, 2.05) is 6.07 Å². The lowest BCUT2D eigenvalue weighted by molar-refractivity contribution is -0.118. The van der Waals surface area contributed by atoms with Crippen LogP contribution in [0.5, 0.6) is 0 Å². The largest absolute Gasteiger partial charge is 0.369 e. The van der Waals surface area contributed by atoms with Gasteiger partial charge in [-0.15, -0.1) is 0 Å². The second-order valence-electron chi connectivity index (χ2n) is 3.53. The summed E-state index contributed by atoms with van der Waals surface area (Å²) in [5.41, 5.74) is 5.37. The molecule has 0 heterocycles. The van der Waals surface area contributed by atoms with Crippen molar-refractivity contribution in [2.45, 2.75) is 11.8 Å². The predicted octanol–water partition coefficient (Wildman–Crippen LogP) is 0.0542. The highest BCUT2D eigenvalue weighted by Gasteiger charge is 2.24. The van der Waals surface area contributed by atoms with E-state index in [4.69, 9.17) is 11.0 Å². The summed E-state index contributed by atoms with van der Waals surface area (Å²) in [6.45, 7) is 1.40. The molecule has 0 unspecified atom stereocenters. The van der Waals surface area contributed by atoms with Gasteiger partial charge in [-0.1, -0.05) is 6.92 Å². The smallest absolute Gasteiger partial charge is 0.243 e. The van der Waals surface area contributed by atoms with Crippen LogP contribution in [0.25, 0.3) is 0 Å². The second kappa shape index (κ2) is 5.62. The summed E-state index contributed by atoms with van der Waals surface area (Å²) in [5.74, 6) is -0.714. The molecule has 0 saturated heterocycles. The molecule has 6 nitrogen and oxygen atoms in total. The highest BCUT2D eigenvalue weighted by atomic mass is 32.2. The van der Waals surface area contributed by atoms with Crippen LogP contribution in [0.4, 0.5) is 0 Å². The average Bonchev–Trinajstić information content (AvgIpc) is 2.35. The lowest BCUT2D eigenvalue weighted by Gasteiger charge is -2.18. The Morgan fingerprint density at radius 3 is 2.33 bits per heavy atom. The Hall–Kier alpha value is -1.91. The lowest BCUT2D eigenvalue weighted by Crippen LogP contribution is -2.38. The van der Waals surface area contributed by atoms with Gasteiger partial charge in [0, 0.05) is 6.54 Å². The van der Waals surface area contributed by atoms with E-state index < -0.39 is 15.9 Å². The van der Waals surface area contributed by atoms with Crippen molar-refractivity contribution < 1.29 is 13.2 Å². The zero-order chi connectivity index (χ0) is 13.8. The van der Waals surface area contributed by atoms with Crippen molar-refractivity contribution in [3.05, 3.63) is 29.8 Å². The standard InChI is InChI=1S/C11H13N3O3S/c1-2-14(8-11(13)15)18(16,17)10-5-3-9(7-12)4-6-10/h3-6H,2,8H2,1H3,(H2,13,15). The molecule has 0 radical (unpaired) electrons. The van der Waals surface area contributed by atoms with Gasteiger partial charge in [-0.25, -0.2) is 8.42 Å². The van der Waals surface area contributed by atoms with E-state index in [9.17, 15) is 13.2 Å². The Labute approximate surface area is 106 Å². The van der Waals surface area contributed by atoms with Gasteiger partial charge in [-0.3, -0.25) is 4.79 Å². The van der Waals surface area contributed by atoms with E-state index in [0.29, 0.717) is 5.56 Å². The van der Waals surface area contributed by atoms with Crippen LogP contribution in [-0.2, 0) is 14.8 Å². The number of sulfonamides is 1. The molecule has 1 rings (SSSR count). The first-order chi connectivity index (χ1) is 8.41. The molecule has 0 spiro atoms. The molecule has 2 N–H and O–H groups in total. The number of carbonyl (C=O) groups excluding carboxylic acids is 1. The van der Waals surface area contributed by atoms with E-state index in [1.165, 1.54) is 24.3 Å². The second-order valence-corrected chi connectivity index (χ2v) is 5.47. The third-order valence-corrected chi connectivity index (χ3v) is 4.24. The maximum absolute atomic E-state index is 12.1. The number of likely N-dealkylation sites (N-methyl/N-ethyl adjacent to an activating group) is 1. The Kier molecular flexibility index (Phi) is 4.42. The van der Waals surface area contributed by atoms with Gasteiger partial charge in [0.1, 0.15) is 0 Å². The zero-order valence-electron chi connectivity index (χ0n) is 9.83. The van der Waals surface area contributed by atoms with Crippen LogP contribution in [0.15, 0.2) is 29.2 Å². The summed E-state index contributed by atoms with van der Waals surface area (Å²) in [6, 6.07) is 7.38. The first-order valence-corrected chi connectivity index (χ1v) is 6.64. The minimum atomic E-state index is -3.75. The maximum Gasteiger partial charge on any atom is 0.243 e. The third kappa shape index (κ3) is 3.06. The van der Waals surface area contributed by atoms with E-state index in [1.54, 1.807) is 6.92 Å². The number of nitrogens with zero attached hydrogens (tertiary/aromatic N) is 2. The molecule has 1 aromatic carbocycles. The SMILES string of the molecule is CCN(CC(N)=O)S(=O)(=O)c1ccc(C#N)cc1. The van der Waals surface area contributed by atoms with E-state index in [-0.39, 0.29) is 18.0 Å². The maximum atomic E-state index is 12.1. The summed E-state index contributed by atoms with van der Waals surface area (Å²) in [4.78, 5) is 10.9. The summed E-state index contributed by atoms with van der Waals surface area (Å²) >= 11 is 0. The molecule has 1 amide bonds. The number of rotatable bonds is 5. The number of carbonyl (C=O) groups is 1. The highest BCUT2D eigenvalue weighted by Crippen LogP contribution is 2.15. The molecule has 1 aromatic rings. The molecule has 0 saturated carbocycles. The Morgan fingerprint density at radius 1 is 1.39 bits per heavy atom. The van der Waals surface area contributed by atoms with E-state index in [0.717, 1.165) is 4.31 Å². The van der Waals surface area contributed by atoms with Gasteiger partial charge in [-0.2, -0.15) is 9.57 Å². The number of amides is 1. The molecular weight excluding hydrogens is 254 g/mol. The summed E-state index contributed by atoms with van der Waals surface area (Å²) in [7, 11) is -3.75. The van der Waals surface area contributed by atoms with Crippen molar-refractivity contribution in [2.24, 2.45) is 5.73 Å². The Morgan fingerprint density at radius 2 is 1.94 bits per heavy atom. The average molecular weight is 267 g/mol. The molecule has 0 aromatic heterocycles. The van der Waals surface area contributed by atoms with Crippen molar-refractivity contribution in [3.63, 3.8) is 0 Å². The number of hydrogen-bond acceptors (Lipinski definition) is 4. The number of hydrogen-bond donors (Lipinski definition) is 1. The topological polar surface area (TPSA) is 104 Å². The highest BCUT2D eigenvalue weighted by molar-refractivity contribution is 7.89. The Balaban J connectivity index is 3.11. The van der Waals surface area contributed by atoms with Crippen molar-refractivity contribution in [1.29, 1.82) is 5.26 Å². The molecule has 96 valence electrons. The van der Waals surface area contributed by atoms with Crippen LogP contribution in [0.3, 0.4) is 0 Å². The molecule has 0 bridgehead atoms. The fraction of sp³-hybridized carbons (Fsp3) is 0.273. The monoisotopic (exact) mass is 267 g/mol. The van der Waals surface area contributed by atoms with Crippen LogP contribution in [0.1, 0.15) is 12.5 Å². The van der Waals surface area contributed by atoms with E-state index in [2.05, 4.69) is 0 Å². The van der Waals surface area contributed by atoms with Crippen LogP contribution < -0.4 is 5.73 Å². The molecule has 18 heavy (non-hydrogen) atoms. The fourth-order valence-corrected chi connectivity index (χ4v) is 2.81. The molecule has 0 atom stereocenters. The van der Waals surface area contributed by atoms with Gasteiger partial charge in [0.25, 0.3) is 0 Å².